The second-order valence-electron chi connectivity index (χ2n) is 8.03. The molecule has 32 heavy (non-hydrogen) atoms. The van der Waals surface area contributed by atoms with Gasteiger partial charge in [0.2, 0.25) is 5.91 Å². The van der Waals surface area contributed by atoms with Crippen molar-refractivity contribution in [2.24, 2.45) is 0 Å². The van der Waals surface area contributed by atoms with Crippen molar-refractivity contribution in [3.8, 4) is 0 Å². The Morgan fingerprint density at radius 3 is 2.38 bits per heavy atom. The Morgan fingerprint density at radius 1 is 0.906 bits per heavy atom. The van der Waals surface area contributed by atoms with Gasteiger partial charge in [-0.2, -0.15) is 0 Å². The third-order valence-corrected chi connectivity index (χ3v) is 6.06. The third kappa shape index (κ3) is 4.11. The Balaban J connectivity index is 1.35. The molecule has 1 saturated heterocycles. The van der Waals surface area contributed by atoms with E-state index in [9.17, 15) is 9.59 Å². The molecule has 1 aromatic heterocycles. The highest BCUT2D eigenvalue weighted by molar-refractivity contribution is 6.00. The van der Waals surface area contributed by atoms with Crippen molar-refractivity contribution in [1.82, 2.24) is 4.90 Å². The molecule has 3 aromatic rings. The van der Waals surface area contributed by atoms with Crippen LogP contribution in [0.5, 0.6) is 0 Å². The van der Waals surface area contributed by atoms with Gasteiger partial charge in [-0.05, 0) is 47.5 Å². The van der Waals surface area contributed by atoms with Gasteiger partial charge in [-0.25, -0.2) is 0 Å². The molecule has 2 aliphatic heterocycles. The van der Waals surface area contributed by atoms with Crippen LogP contribution in [-0.2, 0) is 22.5 Å². The zero-order valence-electron chi connectivity index (χ0n) is 17.7. The monoisotopic (exact) mass is 431 g/mol. The van der Waals surface area contributed by atoms with E-state index in [2.05, 4.69) is 10.2 Å². The molecule has 0 bridgehead atoms. The number of anilines is 2. The van der Waals surface area contributed by atoms with E-state index in [1.165, 1.54) is 6.26 Å². The summed E-state index contributed by atoms with van der Waals surface area (Å²) in [5.74, 6) is -0.261. The van der Waals surface area contributed by atoms with Gasteiger partial charge in [0, 0.05) is 37.4 Å². The van der Waals surface area contributed by atoms with E-state index in [1.807, 2.05) is 48.5 Å². The predicted octanol–water partition coefficient (Wildman–Crippen LogP) is 3.32. The summed E-state index contributed by atoms with van der Waals surface area (Å²) in [6.45, 7) is 3.53. The molecule has 0 spiro atoms. The molecule has 2 aromatic carbocycles. The average molecular weight is 431 g/mol. The highest BCUT2D eigenvalue weighted by Gasteiger charge is 2.36. The first-order valence-corrected chi connectivity index (χ1v) is 10.8. The van der Waals surface area contributed by atoms with Crippen LogP contribution < -0.4 is 10.2 Å². The molecular weight excluding hydrogens is 406 g/mol. The first-order chi connectivity index (χ1) is 15.7. The van der Waals surface area contributed by atoms with Gasteiger partial charge in [0.15, 0.2) is 5.76 Å². The normalized spacial score (nSPS) is 18.2. The summed E-state index contributed by atoms with van der Waals surface area (Å²) in [5.41, 5.74) is 3.94. The second kappa shape index (κ2) is 8.88. The SMILES string of the molecule is O=C(Nc1ccc(N2CCOCC2)cc1)[C@H]1Cc2ccccc2CN1C(=O)c1ccco1. The van der Waals surface area contributed by atoms with Gasteiger partial charge in [0.1, 0.15) is 6.04 Å². The fourth-order valence-electron chi connectivity index (χ4n) is 4.32. The molecular formula is C25H25N3O4. The maximum Gasteiger partial charge on any atom is 0.290 e. The Morgan fingerprint density at radius 2 is 1.66 bits per heavy atom. The van der Waals surface area contributed by atoms with Crippen molar-refractivity contribution in [2.45, 2.75) is 19.0 Å². The Bertz CT molecular complexity index is 1090. The number of ether oxygens (including phenoxy) is 1. The van der Waals surface area contributed by atoms with Crippen LogP contribution in [0.4, 0.5) is 11.4 Å². The molecule has 3 heterocycles. The van der Waals surface area contributed by atoms with E-state index in [4.69, 9.17) is 9.15 Å². The van der Waals surface area contributed by atoms with Crippen LogP contribution in [0.15, 0.2) is 71.3 Å². The predicted molar refractivity (Wildman–Crippen MR) is 121 cm³/mol. The minimum Gasteiger partial charge on any atom is -0.459 e. The summed E-state index contributed by atoms with van der Waals surface area (Å²) < 4.78 is 10.7. The number of morpholine rings is 1. The number of hydrogen-bond acceptors (Lipinski definition) is 5. The molecule has 0 aliphatic carbocycles. The largest absolute Gasteiger partial charge is 0.459 e. The van der Waals surface area contributed by atoms with Gasteiger partial charge in [-0.3, -0.25) is 9.59 Å². The molecule has 0 radical (unpaired) electrons. The van der Waals surface area contributed by atoms with Crippen molar-refractivity contribution < 1.29 is 18.7 Å². The van der Waals surface area contributed by atoms with E-state index >= 15 is 0 Å². The smallest absolute Gasteiger partial charge is 0.290 e. The molecule has 1 atom stereocenters. The van der Waals surface area contributed by atoms with Crippen LogP contribution in [0.3, 0.4) is 0 Å². The fourth-order valence-corrected chi connectivity index (χ4v) is 4.32. The van der Waals surface area contributed by atoms with Crippen LogP contribution >= 0.6 is 0 Å². The maximum atomic E-state index is 13.3. The molecule has 0 saturated carbocycles. The van der Waals surface area contributed by atoms with Gasteiger partial charge >= 0.3 is 0 Å². The van der Waals surface area contributed by atoms with Crippen LogP contribution in [0.2, 0.25) is 0 Å². The van der Waals surface area contributed by atoms with Gasteiger partial charge in [-0.15, -0.1) is 0 Å². The maximum absolute atomic E-state index is 13.3. The van der Waals surface area contributed by atoms with Crippen molar-refractivity contribution >= 4 is 23.2 Å². The fraction of sp³-hybridized carbons (Fsp3) is 0.280. The average Bonchev–Trinajstić information content (AvgIpc) is 3.39. The Kier molecular flexibility index (Phi) is 5.64. The van der Waals surface area contributed by atoms with Gasteiger partial charge in [0.25, 0.3) is 5.91 Å². The van der Waals surface area contributed by atoms with Crippen molar-refractivity contribution in [1.29, 1.82) is 0 Å². The lowest BCUT2D eigenvalue weighted by Gasteiger charge is -2.35. The number of hydrogen-bond donors (Lipinski definition) is 1. The highest BCUT2D eigenvalue weighted by Crippen LogP contribution is 2.27. The topological polar surface area (TPSA) is 75.0 Å². The number of amides is 2. The van der Waals surface area contributed by atoms with Crippen molar-refractivity contribution in [3.05, 3.63) is 83.8 Å². The molecule has 2 aliphatic rings. The van der Waals surface area contributed by atoms with E-state index in [1.54, 1.807) is 17.0 Å². The lowest BCUT2D eigenvalue weighted by molar-refractivity contribution is -0.121. The summed E-state index contributed by atoms with van der Waals surface area (Å²) in [5, 5.41) is 3.00. The van der Waals surface area contributed by atoms with Gasteiger partial charge in [-0.1, -0.05) is 24.3 Å². The zero-order valence-corrected chi connectivity index (χ0v) is 17.7. The number of nitrogens with zero attached hydrogens (tertiary/aromatic N) is 2. The van der Waals surface area contributed by atoms with E-state index in [0.717, 1.165) is 43.1 Å². The van der Waals surface area contributed by atoms with Crippen molar-refractivity contribution in [2.75, 3.05) is 36.5 Å². The number of nitrogens with one attached hydrogen (secondary N) is 1. The summed E-state index contributed by atoms with van der Waals surface area (Å²) >= 11 is 0. The summed E-state index contributed by atoms with van der Waals surface area (Å²) in [4.78, 5) is 30.2. The molecule has 0 unspecified atom stereocenters. The number of furan rings is 1. The quantitative estimate of drug-likeness (QED) is 0.686. The van der Waals surface area contributed by atoms with Crippen molar-refractivity contribution in [3.63, 3.8) is 0 Å². The number of carbonyl (C=O) groups excluding carboxylic acids is 2. The van der Waals surface area contributed by atoms with E-state index < -0.39 is 6.04 Å². The second-order valence-corrected chi connectivity index (χ2v) is 8.03. The molecule has 1 fully saturated rings. The minimum atomic E-state index is -0.624. The number of fused-ring (bicyclic) bond motifs is 1. The molecule has 1 N–H and O–H groups in total. The lowest BCUT2D eigenvalue weighted by Crippen LogP contribution is -2.50. The molecule has 164 valence electrons. The molecule has 7 nitrogen and oxygen atoms in total. The van der Waals surface area contributed by atoms with Crippen LogP contribution in [-0.4, -0.2) is 49.1 Å². The molecule has 7 heteroatoms. The summed E-state index contributed by atoms with van der Waals surface area (Å²) in [6.07, 6.45) is 1.93. The molecule has 5 rings (SSSR count). The third-order valence-electron chi connectivity index (χ3n) is 6.06. The minimum absolute atomic E-state index is 0.210. The number of benzene rings is 2. The molecule has 2 amide bonds. The van der Waals surface area contributed by atoms with Gasteiger partial charge < -0.3 is 24.3 Å². The number of carbonyl (C=O) groups is 2. The number of rotatable bonds is 4. The lowest BCUT2D eigenvalue weighted by atomic mass is 9.93. The Hall–Kier alpha value is -3.58. The van der Waals surface area contributed by atoms with E-state index in [0.29, 0.717) is 18.7 Å². The summed E-state index contributed by atoms with van der Waals surface area (Å²) in [6, 6.07) is 18.4. The first kappa shape index (κ1) is 20.3. The van der Waals surface area contributed by atoms with Crippen LogP contribution in [0.1, 0.15) is 21.7 Å². The van der Waals surface area contributed by atoms with E-state index in [-0.39, 0.29) is 17.6 Å². The zero-order chi connectivity index (χ0) is 21.9. The summed E-state index contributed by atoms with van der Waals surface area (Å²) in [7, 11) is 0. The highest BCUT2D eigenvalue weighted by atomic mass is 16.5. The van der Waals surface area contributed by atoms with Gasteiger partial charge in [0.05, 0.1) is 19.5 Å². The Labute approximate surface area is 186 Å². The first-order valence-electron chi connectivity index (χ1n) is 10.8. The van der Waals surface area contributed by atoms with Crippen LogP contribution in [0, 0.1) is 0 Å². The standard InChI is InChI=1S/C25H25N3O4/c29-24(26-20-7-9-21(10-8-20)27-11-14-31-15-12-27)22-16-18-4-1-2-5-19(18)17-28(22)25(30)23-6-3-13-32-23/h1-10,13,22H,11-12,14-17H2,(H,26,29)/t22-/m1/s1. The van der Waals surface area contributed by atoms with Crippen LogP contribution in [0.25, 0.3) is 0 Å².